The zero-order valence-electron chi connectivity index (χ0n) is 7.65. The number of furan rings is 1. The Morgan fingerprint density at radius 2 is 2.00 bits per heavy atom. The minimum absolute atomic E-state index is 0.441. The van der Waals surface area contributed by atoms with Gasteiger partial charge in [-0.15, -0.1) is 0 Å². The zero-order valence-corrected chi connectivity index (χ0v) is 9.16. The SMILES string of the molecule is OC(c1ccoc1)c1ccc(Cl)cc1Cl. The van der Waals surface area contributed by atoms with E-state index in [1.165, 1.54) is 12.5 Å². The summed E-state index contributed by atoms with van der Waals surface area (Å²) >= 11 is 11.7. The molecule has 0 aliphatic carbocycles. The molecule has 0 aliphatic rings. The van der Waals surface area contributed by atoms with Crippen LogP contribution in [0.4, 0.5) is 0 Å². The van der Waals surface area contributed by atoms with Gasteiger partial charge in [0.05, 0.1) is 12.5 Å². The smallest absolute Gasteiger partial charge is 0.109 e. The van der Waals surface area contributed by atoms with Crippen molar-refractivity contribution in [3.8, 4) is 0 Å². The van der Waals surface area contributed by atoms with Crippen molar-refractivity contribution in [2.24, 2.45) is 0 Å². The van der Waals surface area contributed by atoms with E-state index < -0.39 is 6.10 Å². The van der Waals surface area contributed by atoms with Gasteiger partial charge in [-0.05, 0) is 18.2 Å². The van der Waals surface area contributed by atoms with Crippen LogP contribution in [0, 0.1) is 0 Å². The van der Waals surface area contributed by atoms with E-state index in [2.05, 4.69) is 0 Å². The molecule has 1 aromatic heterocycles. The lowest BCUT2D eigenvalue weighted by Gasteiger charge is -2.10. The van der Waals surface area contributed by atoms with Crippen LogP contribution in [0.2, 0.25) is 10.0 Å². The second-order valence-corrected chi connectivity index (χ2v) is 3.97. The van der Waals surface area contributed by atoms with Gasteiger partial charge in [-0.1, -0.05) is 29.3 Å². The molecule has 0 aliphatic heterocycles. The summed E-state index contributed by atoms with van der Waals surface area (Å²) in [7, 11) is 0. The Bertz CT molecular complexity index is 452. The summed E-state index contributed by atoms with van der Waals surface area (Å²) in [5.74, 6) is 0. The van der Waals surface area contributed by atoms with E-state index in [1.807, 2.05) is 0 Å². The molecule has 0 spiro atoms. The first-order valence-corrected chi connectivity index (χ1v) is 5.09. The highest BCUT2D eigenvalue weighted by Gasteiger charge is 2.14. The minimum Gasteiger partial charge on any atom is -0.472 e. The maximum absolute atomic E-state index is 9.96. The van der Waals surface area contributed by atoms with Gasteiger partial charge in [-0.2, -0.15) is 0 Å². The van der Waals surface area contributed by atoms with Crippen molar-refractivity contribution in [2.45, 2.75) is 6.10 Å². The van der Waals surface area contributed by atoms with Crippen LogP contribution in [0.1, 0.15) is 17.2 Å². The lowest BCUT2D eigenvalue weighted by Crippen LogP contribution is -1.98. The van der Waals surface area contributed by atoms with Crippen molar-refractivity contribution < 1.29 is 9.52 Å². The molecule has 2 nitrogen and oxygen atoms in total. The molecule has 0 saturated carbocycles. The van der Waals surface area contributed by atoms with Crippen molar-refractivity contribution in [1.29, 1.82) is 0 Å². The minimum atomic E-state index is -0.784. The summed E-state index contributed by atoms with van der Waals surface area (Å²) < 4.78 is 4.89. The fourth-order valence-electron chi connectivity index (χ4n) is 1.33. The number of halogens is 2. The Hall–Kier alpha value is -0.960. The van der Waals surface area contributed by atoms with E-state index in [-0.39, 0.29) is 0 Å². The molecular weight excluding hydrogens is 235 g/mol. The first kappa shape index (κ1) is 10.6. The van der Waals surface area contributed by atoms with Crippen molar-refractivity contribution in [3.05, 3.63) is 58.0 Å². The highest BCUT2D eigenvalue weighted by Crippen LogP contribution is 2.30. The first-order valence-electron chi connectivity index (χ1n) is 4.33. The van der Waals surface area contributed by atoms with Gasteiger partial charge >= 0.3 is 0 Å². The van der Waals surface area contributed by atoms with Gasteiger partial charge in [0.2, 0.25) is 0 Å². The molecule has 4 heteroatoms. The Kier molecular flexibility index (Phi) is 3.00. The predicted octanol–water partition coefficient (Wildman–Crippen LogP) is 3.67. The molecule has 1 atom stereocenters. The van der Waals surface area contributed by atoms with Gasteiger partial charge in [-0.25, -0.2) is 0 Å². The average Bonchev–Trinajstić information content (AvgIpc) is 2.69. The normalized spacial score (nSPS) is 12.7. The van der Waals surface area contributed by atoms with Crippen molar-refractivity contribution in [3.63, 3.8) is 0 Å². The first-order chi connectivity index (χ1) is 7.18. The third-order valence-corrected chi connectivity index (χ3v) is 2.68. The number of aliphatic hydroxyl groups excluding tert-OH is 1. The predicted molar refractivity (Wildman–Crippen MR) is 59.2 cm³/mol. The topological polar surface area (TPSA) is 33.4 Å². The van der Waals surface area contributed by atoms with Crippen molar-refractivity contribution >= 4 is 23.2 Å². The van der Waals surface area contributed by atoms with Crippen LogP contribution in [-0.2, 0) is 0 Å². The van der Waals surface area contributed by atoms with Crippen LogP contribution in [-0.4, -0.2) is 5.11 Å². The maximum atomic E-state index is 9.96. The van der Waals surface area contributed by atoms with Crippen LogP contribution < -0.4 is 0 Å². The largest absolute Gasteiger partial charge is 0.472 e. The van der Waals surface area contributed by atoms with E-state index in [4.69, 9.17) is 27.6 Å². The number of rotatable bonds is 2. The zero-order chi connectivity index (χ0) is 10.8. The Morgan fingerprint density at radius 1 is 1.20 bits per heavy atom. The fourth-order valence-corrected chi connectivity index (χ4v) is 1.85. The van der Waals surface area contributed by atoms with E-state index in [0.29, 0.717) is 21.2 Å². The number of hydrogen-bond donors (Lipinski definition) is 1. The quantitative estimate of drug-likeness (QED) is 0.872. The van der Waals surface area contributed by atoms with Gasteiger partial charge in [0, 0.05) is 21.2 Å². The molecule has 2 rings (SSSR count). The number of hydrogen-bond acceptors (Lipinski definition) is 2. The highest BCUT2D eigenvalue weighted by molar-refractivity contribution is 6.35. The third kappa shape index (κ3) is 2.17. The summed E-state index contributed by atoms with van der Waals surface area (Å²) in [6, 6.07) is 6.67. The Labute approximate surface area is 97.0 Å². The van der Waals surface area contributed by atoms with Gasteiger partial charge in [0.25, 0.3) is 0 Å². The highest BCUT2D eigenvalue weighted by atomic mass is 35.5. The molecule has 0 amide bonds. The maximum Gasteiger partial charge on any atom is 0.109 e. The van der Waals surface area contributed by atoms with Crippen LogP contribution >= 0.6 is 23.2 Å². The fraction of sp³-hybridized carbons (Fsp3) is 0.0909. The average molecular weight is 243 g/mol. The molecule has 1 heterocycles. The molecule has 78 valence electrons. The third-order valence-electron chi connectivity index (χ3n) is 2.12. The van der Waals surface area contributed by atoms with Gasteiger partial charge in [-0.3, -0.25) is 0 Å². The molecule has 0 bridgehead atoms. The second kappa shape index (κ2) is 4.27. The van der Waals surface area contributed by atoms with Gasteiger partial charge in [0.1, 0.15) is 6.10 Å². The van der Waals surface area contributed by atoms with E-state index >= 15 is 0 Å². The van der Waals surface area contributed by atoms with Crippen LogP contribution in [0.5, 0.6) is 0 Å². The molecule has 1 aromatic carbocycles. The van der Waals surface area contributed by atoms with Crippen LogP contribution in [0.3, 0.4) is 0 Å². The Balaban J connectivity index is 2.38. The monoisotopic (exact) mass is 242 g/mol. The van der Waals surface area contributed by atoms with E-state index in [9.17, 15) is 5.11 Å². The van der Waals surface area contributed by atoms with Gasteiger partial charge in [0.15, 0.2) is 0 Å². The molecular formula is C11H8Cl2O2. The summed E-state index contributed by atoms with van der Waals surface area (Å²) in [6.45, 7) is 0. The molecule has 0 fully saturated rings. The van der Waals surface area contributed by atoms with Gasteiger partial charge < -0.3 is 9.52 Å². The molecule has 0 radical (unpaired) electrons. The number of benzene rings is 1. The van der Waals surface area contributed by atoms with Crippen LogP contribution in [0.25, 0.3) is 0 Å². The summed E-state index contributed by atoms with van der Waals surface area (Å²) in [4.78, 5) is 0. The summed E-state index contributed by atoms with van der Waals surface area (Å²) in [5, 5.41) is 11.0. The van der Waals surface area contributed by atoms with Crippen LogP contribution in [0.15, 0.2) is 41.2 Å². The second-order valence-electron chi connectivity index (χ2n) is 3.13. The number of aliphatic hydroxyl groups is 1. The van der Waals surface area contributed by atoms with E-state index in [0.717, 1.165) is 0 Å². The molecule has 1 N–H and O–H groups in total. The lowest BCUT2D eigenvalue weighted by atomic mass is 10.0. The standard InChI is InChI=1S/C11H8Cl2O2/c12-8-1-2-9(10(13)5-8)11(14)7-3-4-15-6-7/h1-6,11,14H. The molecule has 15 heavy (non-hydrogen) atoms. The lowest BCUT2D eigenvalue weighted by molar-refractivity contribution is 0.219. The van der Waals surface area contributed by atoms with Crippen molar-refractivity contribution in [1.82, 2.24) is 0 Å². The molecule has 1 unspecified atom stereocenters. The Morgan fingerprint density at radius 3 is 2.60 bits per heavy atom. The van der Waals surface area contributed by atoms with E-state index in [1.54, 1.807) is 24.3 Å². The molecule has 2 aromatic rings. The summed E-state index contributed by atoms with van der Waals surface area (Å²) in [6.07, 6.45) is 2.20. The molecule has 0 saturated heterocycles. The summed E-state index contributed by atoms with van der Waals surface area (Å²) in [5.41, 5.74) is 1.28. The van der Waals surface area contributed by atoms with Crippen molar-refractivity contribution in [2.75, 3.05) is 0 Å².